The highest BCUT2D eigenvalue weighted by molar-refractivity contribution is 5.90. The summed E-state index contributed by atoms with van der Waals surface area (Å²) in [6.45, 7) is 5.76. The first-order valence-electron chi connectivity index (χ1n) is 5.14. The van der Waals surface area contributed by atoms with E-state index in [1.54, 1.807) is 0 Å². The van der Waals surface area contributed by atoms with Crippen molar-refractivity contribution in [2.45, 2.75) is 19.4 Å². The molecule has 3 nitrogen and oxygen atoms in total. The number of carbonyl (C=O) groups is 1. The average molecular weight is 220 g/mol. The van der Waals surface area contributed by atoms with Crippen molar-refractivity contribution in [1.29, 1.82) is 0 Å². The van der Waals surface area contributed by atoms with Crippen molar-refractivity contribution in [3.63, 3.8) is 0 Å². The van der Waals surface area contributed by atoms with E-state index in [0.29, 0.717) is 5.57 Å². The van der Waals surface area contributed by atoms with Gasteiger partial charge in [0, 0.05) is 0 Å². The van der Waals surface area contributed by atoms with Gasteiger partial charge in [-0.2, -0.15) is 0 Å². The Morgan fingerprint density at radius 3 is 2.44 bits per heavy atom. The van der Waals surface area contributed by atoms with Gasteiger partial charge in [0.15, 0.2) is 6.10 Å². The molecule has 1 N–H and O–H groups in total. The van der Waals surface area contributed by atoms with Gasteiger partial charge in [-0.25, -0.2) is 4.79 Å². The zero-order chi connectivity index (χ0) is 12.1. The van der Waals surface area contributed by atoms with E-state index >= 15 is 0 Å². The van der Waals surface area contributed by atoms with Crippen molar-refractivity contribution >= 4 is 11.5 Å². The molecule has 0 aliphatic heterocycles. The fourth-order valence-corrected chi connectivity index (χ4v) is 1.37. The van der Waals surface area contributed by atoms with Gasteiger partial charge in [-0.3, -0.25) is 0 Å². The molecule has 0 saturated carbocycles. The SMILES string of the molecule is C=C(c1ccc(CC)cc1)C(O)C(=O)OC. The fourth-order valence-electron chi connectivity index (χ4n) is 1.37. The van der Waals surface area contributed by atoms with Crippen molar-refractivity contribution in [2.75, 3.05) is 7.11 Å². The monoisotopic (exact) mass is 220 g/mol. The first-order valence-corrected chi connectivity index (χ1v) is 5.14. The van der Waals surface area contributed by atoms with Crippen LogP contribution in [0.5, 0.6) is 0 Å². The summed E-state index contributed by atoms with van der Waals surface area (Å²) < 4.78 is 4.45. The molecule has 1 aromatic carbocycles. The third-order valence-electron chi connectivity index (χ3n) is 2.49. The van der Waals surface area contributed by atoms with E-state index < -0.39 is 12.1 Å². The Balaban J connectivity index is 2.84. The van der Waals surface area contributed by atoms with Crippen molar-refractivity contribution in [3.8, 4) is 0 Å². The van der Waals surface area contributed by atoms with Gasteiger partial charge in [-0.15, -0.1) is 0 Å². The van der Waals surface area contributed by atoms with E-state index in [1.807, 2.05) is 24.3 Å². The summed E-state index contributed by atoms with van der Waals surface area (Å²) in [6, 6.07) is 7.58. The van der Waals surface area contributed by atoms with Gasteiger partial charge in [-0.05, 0) is 23.1 Å². The molecule has 1 rings (SSSR count). The van der Waals surface area contributed by atoms with E-state index in [2.05, 4.69) is 18.2 Å². The van der Waals surface area contributed by atoms with E-state index in [0.717, 1.165) is 12.0 Å². The smallest absolute Gasteiger partial charge is 0.339 e. The Hall–Kier alpha value is -1.61. The molecular weight excluding hydrogens is 204 g/mol. The third-order valence-corrected chi connectivity index (χ3v) is 2.49. The Kier molecular flexibility index (Phi) is 4.26. The Morgan fingerprint density at radius 1 is 1.44 bits per heavy atom. The van der Waals surface area contributed by atoms with Gasteiger partial charge in [-0.1, -0.05) is 37.8 Å². The van der Waals surface area contributed by atoms with Crippen LogP contribution in [-0.2, 0) is 16.0 Å². The second kappa shape index (κ2) is 5.47. The number of carbonyl (C=O) groups excluding carboxylic acids is 1. The van der Waals surface area contributed by atoms with Crippen LogP contribution in [0.3, 0.4) is 0 Å². The molecule has 0 aliphatic carbocycles. The molecule has 86 valence electrons. The van der Waals surface area contributed by atoms with E-state index in [1.165, 1.54) is 12.7 Å². The number of hydrogen-bond acceptors (Lipinski definition) is 3. The number of hydrogen-bond donors (Lipinski definition) is 1. The zero-order valence-electron chi connectivity index (χ0n) is 9.56. The summed E-state index contributed by atoms with van der Waals surface area (Å²) in [5.41, 5.74) is 2.30. The molecule has 0 saturated heterocycles. The van der Waals surface area contributed by atoms with E-state index in [-0.39, 0.29) is 0 Å². The quantitative estimate of drug-likeness (QED) is 0.787. The lowest BCUT2D eigenvalue weighted by molar-refractivity contribution is -0.147. The highest BCUT2D eigenvalue weighted by atomic mass is 16.5. The predicted octanol–water partition coefficient (Wildman–Crippen LogP) is 1.80. The largest absolute Gasteiger partial charge is 0.467 e. The highest BCUT2D eigenvalue weighted by Crippen LogP contribution is 2.18. The highest BCUT2D eigenvalue weighted by Gasteiger charge is 2.19. The molecule has 16 heavy (non-hydrogen) atoms. The summed E-state index contributed by atoms with van der Waals surface area (Å²) in [5, 5.41) is 9.59. The first kappa shape index (κ1) is 12.5. The van der Waals surface area contributed by atoms with Crippen LogP contribution >= 0.6 is 0 Å². The van der Waals surface area contributed by atoms with Crippen molar-refractivity contribution in [3.05, 3.63) is 42.0 Å². The number of methoxy groups -OCH3 is 1. The minimum absolute atomic E-state index is 0.356. The maximum Gasteiger partial charge on any atom is 0.339 e. The lowest BCUT2D eigenvalue weighted by atomic mass is 10.0. The summed E-state index contributed by atoms with van der Waals surface area (Å²) in [4.78, 5) is 11.1. The summed E-state index contributed by atoms with van der Waals surface area (Å²) in [7, 11) is 1.24. The molecule has 0 spiro atoms. The molecule has 0 fully saturated rings. The Labute approximate surface area is 95.4 Å². The molecule has 0 bridgehead atoms. The molecule has 1 unspecified atom stereocenters. The summed E-state index contributed by atoms with van der Waals surface area (Å²) >= 11 is 0. The van der Waals surface area contributed by atoms with Crippen LogP contribution in [0.25, 0.3) is 5.57 Å². The lowest BCUT2D eigenvalue weighted by Crippen LogP contribution is -2.22. The lowest BCUT2D eigenvalue weighted by Gasteiger charge is -2.12. The number of rotatable bonds is 4. The van der Waals surface area contributed by atoms with Crippen LogP contribution in [0.4, 0.5) is 0 Å². The molecular formula is C13H16O3. The Morgan fingerprint density at radius 2 is 2.00 bits per heavy atom. The van der Waals surface area contributed by atoms with Gasteiger partial charge in [0.25, 0.3) is 0 Å². The Bertz CT molecular complexity index is 379. The standard InChI is InChI=1S/C13H16O3/c1-4-10-5-7-11(8-6-10)9(2)12(14)13(15)16-3/h5-8,12,14H,2,4H2,1,3H3. The molecule has 0 aromatic heterocycles. The van der Waals surface area contributed by atoms with Crippen LogP contribution < -0.4 is 0 Å². The maximum absolute atomic E-state index is 11.1. The van der Waals surface area contributed by atoms with Gasteiger partial charge < -0.3 is 9.84 Å². The molecule has 1 atom stereocenters. The van der Waals surface area contributed by atoms with Gasteiger partial charge in [0.05, 0.1) is 7.11 Å². The maximum atomic E-state index is 11.1. The first-order chi connectivity index (χ1) is 7.60. The molecule has 0 radical (unpaired) electrons. The second-order valence-electron chi connectivity index (χ2n) is 3.50. The second-order valence-corrected chi connectivity index (χ2v) is 3.50. The molecule has 0 amide bonds. The van der Waals surface area contributed by atoms with Crippen LogP contribution in [0, 0.1) is 0 Å². The van der Waals surface area contributed by atoms with E-state index in [9.17, 15) is 9.90 Å². The minimum Gasteiger partial charge on any atom is -0.467 e. The van der Waals surface area contributed by atoms with Gasteiger partial charge in [0.2, 0.25) is 0 Å². The number of ether oxygens (including phenoxy) is 1. The van der Waals surface area contributed by atoms with E-state index in [4.69, 9.17) is 0 Å². The van der Waals surface area contributed by atoms with Gasteiger partial charge >= 0.3 is 5.97 Å². The van der Waals surface area contributed by atoms with Crippen molar-refractivity contribution in [2.24, 2.45) is 0 Å². The number of aliphatic hydroxyl groups is 1. The number of benzene rings is 1. The van der Waals surface area contributed by atoms with Crippen LogP contribution in [0.1, 0.15) is 18.1 Å². The fraction of sp³-hybridized carbons (Fsp3) is 0.308. The number of aryl methyl sites for hydroxylation is 1. The summed E-state index contributed by atoms with van der Waals surface area (Å²) in [6.07, 6.45) is -0.343. The van der Waals surface area contributed by atoms with Gasteiger partial charge in [0.1, 0.15) is 0 Å². The van der Waals surface area contributed by atoms with Crippen molar-refractivity contribution < 1.29 is 14.6 Å². The van der Waals surface area contributed by atoms with Crippen molar-refractivity contribution in [1.82, 2.24) is 0 Å². The summed E-state index contributed by atoms with van der Waals surface area (Å²) in [5.74, 6) is -0.690. The van der Waals surface area contributed by atoms with Crippen LogP contribution in [-0.4, -0.2) is 24.3 Å². The molecule has 3 heteroatoms. The molecule has 0 heterocycles. The predicted molar refractivity (Wildman–Crippen MR) is 62.9 cm³/mol. The normalized spacial score (nSPS) is 11.9. The average Bonchev–Trinajstić information content (AvgIpc) is 2.36. The van der Waals surface area contributed by atoms with Crippen LogP contribution in [0.15, 0.2) is 30.8 Å². The third kappa shape index (κ3) is 2.70. The topological polar surface area (TPSA) is 46.5 Å². The zero-order valence-corrected chi connectivity index (χ0v) is 9.56. The number of aliphatic hydroxyl groups excluding tert-OH is 1. The molecule has 0 aliphatic rings. The minimum atomic E-state index is -1.29. The van der Waals surface area contributed by atoms with Crippen LogP contribution in [0.2, 0.25) is 0 Å². The number of esters is 1. The molecule has 1 aromatic rings.